The Morgan fingerprint density at radius 1 is 1.33 bits per heavy atom. The average molecular weight is 234 g/mol. The summed E-state index contributed by atoms with van der Waals surface area (Å²) in [6.45, 7) is 0. The highest BCUT2D eigenvalue weighted by Gasteiger charge is 2.12. The minimum atomic E-state index is -1.10. The van der Waals surface area contributed by atoms with Gasteiger partial charge in [-0.25, -0.2) is 0 Å². The minimum Gasteiger partial charge on any atom is -0.504 e. The Bertz CT molecular complexity index is 356. The summed E-state index contributed by atoms with van der Waals surface area (Å²) >= 11 is 0. The molecule has 5 nitrogen and oxygen atoms in total. The fraction of sp³-hybridized carbons (Fsp3) is 0.222. The number of carbonyl (C=O) groups is 1. The Labute approximate surface area is 92.6 Å². The van der Waals surface area contributed by atoms with E-state index in [0.29, 0.717) is 5.56 Å². The summed E-state index contributed by atoms with van der Waals surface area (Å²) in [5.41, 5.74) is 5.86. The van der Waals surface area contributed by atoms with Crippen molar-refractivity contribution >= 4 is 18.4 Å². The third kappa shape index (κ3) is 3.65. The highest BCUT2D eigenvalue weighted by Crippen LogP contribution is 2.25. The Morgan fingerprint density at radius 2 is 1.93 bits per heavy atom. The fourth-order valence-corrected chi connectivity index (χ4v) is 1.04. The number of hydrogen-bond acceptors (Lipinski definition) is 4. The summed E-state index contributed by atoms with van der Waals surface area (Å²) in [5.74, 6) is -1.62. The number of carboxylic acid groups (broad SMARTS) is 1. The van der Waals surface area contributed by atoms with Crippen molar-refractivity contribution in [2.75, 3.05) is 0 Å². The molecule has 0 spiro atoms. The van der Waals surface area contributed by atoms with Crippen molar-refractivity contribution in [3.05, 3.63) is 23.8 Å². The van der Waals surface area contributed by atoms with Gasteiger partial charge >= 0.3 is 5.97 Å². The molecule has 0 aromatic heterocycles. The maximum absolute atomic E-state index is 10.4. The lowest BCUT2D eigenvalue weighted by molar-refractivity contribution is -0.138. The number of aliphatic carboxylic acids is 1. The smallest absolute Gasteiger partial charge is 0.320 e. The number of benzene rings is 1. The van der Waals surface area contributed by atoms with E-state index in [9.17, 15) is 4.79 Å². The second kappa shape index (κ2) is 5.43. The third-order valence-electron chi connectivity index (χ3n) is 1.81. The highest BCUT2D eigenvalue weighted by atomic mass is 35.5. The first-order valence-corrected chi connectivity index (χ1v) is 4.00. The number of phenolic OH excluding ortho intramolecular Hbond substituents is 2. The number of rotatable bonds is 3. The Hall–Kier alpha value is -1.46. The van der Waals surface area contributed by atoms with Gasteiger partial charge in [-0.1, -0.05) is 6.07 Å². The van der Waals surface area contributed by atoms with Crippen LogP contribution in [0.15, 0.2) is 18.2 Å². The van der Waals surface area contributed by atoms with Crippen molar-refractivity contribution < 1.29 is 20.1 Å². The van der Waals surface area contributed by atoms with E-state index in [0.717, 1.165) is 0 Å². The molecule has 0 fully saturated rings. The first-order chi connectivity index (χ1) is 6.50. The van der Waals surface area contributed by atoms with E-state index in [1.54, 1.807) is 0 Å². The zero-order chi connectivity index (χ0) is 10.7. The van der Waals surface area contributed by atoms with Crippen LogP contribution in [-0.2, 0) is 11.2 Å². The lowest BCUT2D eigenvalue weighted by Gasteiger charge is -2.06. The van der Waals surface area contributed by atoms with Gasteiger partial charge in [-0.05, 0) is 24.1 Å². The monoisotopic (exact) mass is 233 g/mol. The van der Waals surface area contributed by atoms with E-state index in [1.165, 1.54) is 18.2 Å². The molecule has 0 aliphatic carbocycles. The zero-order valence-electron chi connectivity index (χ0n) is 7.75. The number of hydrogen-bond donors (Lipinski definition) is 4. The molecule has 0 saturated carbocycles. The van der Waals surface area contributed by atoms with E-state index in [4.69, 9.17) is 21.1 Å². The summed E-state index contributed by atoms with van der Waals surface area (Å²) in [6.07, 6.45) is 0.114. The molecule has 84 valence electrons. The third-order valence-corrected chi connectivity index (χ3v) is 1.81. The fourth-order valence-electron chi connectivity index (χ4n) is 1.04. The summed E-state index contributed by atoms with van der Waals surface area (Å²) in [4.78, 5) is 10.4. The average Bonchev–Trinajstić information content (AvgIpc) is 2.11. The van der Waals surface area contributed by atoms with Gasteiger partial charge in [0.05, 0.1) is 0 Å². The quantitative estimate of drug-likeness (QED) is 0.569. The molecule has 0 amide bonds. The largest absolute Gasteiger partial charge is 0.504 e. The second-order valence-electron chi connectivity index (χ2n) is 2.97. The van der Waals surface area contributed by atoms with Crippen LogP contribution in [0.2, 0.25) is 0 Å². The molecule has 0 radical (unpaired) electrons. The molecule has 0 heterocycles. The molecule has 1 atom stereocenters. The van der Waals surface area contributed by atoms with Crippen LogP contribution in [0.1, 0.15) is 5.56 Å². The van der Waals surface area contributed by atoms with Crippen LogP contribution < -0.4 is 5.73 Å². The van der Waals surface area contributed by atoms with Crippen molar-refractivity contribution in [1.82, 2.24) is 0 Å². The molecule has 6 heteroatoms. The number of nitrogens with two attached hydrogens (primary N) is 1. The van der Waals surface area contributed by atoms with E-state index in [1.807, 2.05) is 0 Å². The Kier molecular flexibility index (Phi) is 4.90. The van der Waals surface area contributed by atoms with E-state index < -0.39 is 12.0 Å². The van der Waals surface area contributed by atoms with Gasteiger partial charge in [0.15, 0.2) is 11.5 Å². The zero-order valence-corrected chi connectivity index (χ0v) is 8.57. The van der Waals surface area contributed by atoms with Crippen LogP contribution in [0.3, 0.4) is 0 Å². The number of halogens is 1. The summed E-state index contributed by atoms with van der Waals surface area (Å²) < 4.78 is 0. The van der Waals surface area contributed by atoms with Crippen LogP contribution >= 0.6 is 12.4 Å². The van der Waals surface area contributed by atoms with Crippen molar-refractivity contribution in [2.24, 2.45) is 5.73 Å². The number of aromatic hydroxyl groups is 2. The first kappa shape index (κ1) is 13.5. The van der Waals surface area contributed by atoms with Crippen molar-refractivity contribution in [3.63, 3.8) is 0 Å². The molecular formula is C9H12ClNO4. The Balaban J connectivity index is 0.00000196. The van der Waals surface area contributed by atoms with Gasteiger partial charge in [-0.3, -0.25) is 4.79 Å². The minimum absolute atomic E-state index is 0. The van der Waals surface area contributed by atoms with Crippen LogP contribution in [-0.4, -0.2) is 27.3 Å². The van der Waals surface area contributed by atoms with Gasteiger partial charge in [0.2, 0.25) is 0 Å². The normalized spacial score (nSPS) is 11.5. The highest BCUT2D eigenvalue weighted by molar-refractivity contribution is 5.85. The molecule has 1 rings (SSSR count). The molecule has 0 unspecified atom stereocenters. The summed E-state index contributed by atoms with van der Waals surface area (Å²) in [5, 5.41) is 26.6. The SMILES string of the molecule is Cl.N[C@H](Cc1ccc(O)c(O)c1)C(=O)O. The van der Waals surface area contributed by atoms with Gasteiger partial charge in [0.25, 0.3) is 0 Å². The molecule has 5 N–H and O–H groups in total. The van der Waals surface area contributed by atoms with Crippen LogP contribution in [0.4, 0.5) is 0 Å². The second-order valence-corrected chi connectivity index (χ2v) is 2.97. The molecule has 1 aromatic rings. The predicted octanol–water partition coefficient (Wildman–Crippen LogP) is 0.474. The topological polar surface area (TPSA) is 104 Å². The summed E-state index contributed by atoms with van der Waals surface area (Å²) in [6, 6.07) is 3.09. The maximum atomic E-state index is 10.4. The standard InChI is InChI=1S/C9H11NO4.ClH/c10-6(9(13)14)3-5-1-2-7(11)8(12)4-5;/h1-2,4,6,11-12H,3,10H2,(H,13,14);1H/t6-;/m1./s1. The van der Waals surface area contributed by atoms with Gasteiger partial charge in [-0.2, -0.15) is 0 Å². The van der Waals surface area contributed by atoms with E-state index in [-0.39, 0.29) is 30.3 Å². The number of phenols is 2. The van der Waals surface area contributed by atoms with Crippen LogP contribution in [0.25, 0.3) is 0 Å². The van der Waals surface area contributed by atoms with Crippen LogP contribution in [0.5, 0.6) is 11.5 Å². The Morgan fingerprint density at radius 3 is 2.40 bits per heavy atom. The lowest BCUT2D eigenvalue weighted by atomic mass is 10.1. The molecule has 0 aliphatic rings. The number of carboxylic acids is 1. The first-order valence-electron chi connectivity index (χ1n) is 4.00. The molecule has 0 saturated heterocycles. The van der Waals surface area contributed by atoms with Crippen LogP contribution in [0, 0.1) is 0 Å². The molecule has 15 heavy (non-hydrogen) atoms. The molecule has 1 aromatic carbocycles. The lowest BCUT2D eigenvalue weighted by Crippen LogP contribution is -2.32. The maximum Gasteiger partial charge on any atom is 0.320 e. The van der Waals surface area contributed by atoms with E-state index in [2.05, 4.69) is 0 Å². The van der Waals surface area contributed by atoms with Gasteiger partial charge in [-0.15, -0.1) is 12.4 Å². The predicted molar refractivity (Wildman–Crippen MR) is 56.3 cm³/mol. The molecule has 0 aliphatic heterocycles. The van der Waals surface area contributed by atoms with Gasteiger partial charge in [0.1, 0.15) is 6.04 Å². The molecular weight excluding hydrogens is 222 g/mol. The summed E-state index contributed by atoms with van der Waals surface area (Å²) in [7, 11) is 0. The van der Waals surface area contributed by atoms with E-state index >= 15 is 0 Å². The van der Waals surface area contributed by atoms with Gasteiger partial charge < -0.3 is 21.1 Å². The van der Waals surface area contributed by atoms with Crippen molar-refractivity contribution in [2.45, 2.75) is 12.5 Å². The van der Waals surface area contributed by atoms with Crippen molar-refractivity contribution in [1.29, 1.82) is 0 Å². The van der Waals surface area contributed by atoms with Crippen molar-refractivity contribution in [3.8, 4) is 11.5 Å². The van der Waals surface area contributed by atoms with Gasteiger partial charge in [0, 0.05) is 0 Å². The molecule has 0 bridgehead atoms.